The van der Waals surface area contributed by atoms with Crippen LogP contribution in [-0.4, -0.2) is 23.7 Å². The number of hydrogen-bond acceptors (Lipinski definition) is 4. The van der Waals surface area contributed by atoms with Crippen molar-refractivity contribution in [2.24, 2.45) is 5.72 Å². The molecule has 1 aromatic carbocycles. The van der Waals surface area contributed by atoms with Crippen molar-refractivity contribution in [3.05, 3.63) is 29.8 Å². The number of carboxylic acid groups (broad SMARTS) is 1. The van der Waals surface area contributed by atoms with E-state index in [0.29, 0.717) is 0 Å². The van der Waals surface area contributed by atoms with Gasteiger partial charge in [0.2, 0.25) is 0 Å². The number of phenolic OH excluding ortho intramolecular Hbond substituents is 1. The lowest BCUT2D eigenvalue weighted by Crippen LogP contribution is -2.32. The van der Waals surface area contributed by atoms with Crippen molar-refractivity contribution in [1.29, 1.82) is 2.86 Å². The van der Waals surface area contributed by atoms with Gasteiger partial charge in [-0.2, -0.15) is 0 Å². The first-order valence-electron chi connectivity index (χ1n) is 6.71. The molecule has 1 atom stereocenters. The Labute approximate surface area is 85.7 Å². The van der Waals surface area contributed by atoms with Crippen molar-refractivity contribution >= 4 is 5.97 Å². The molecule has 0 spiro atoms. The van der Waals surface area contributed by atoms with Crippen LogP contribution in [0, 0.1) is 0 Å². The minimum absolute atomic E-state index is 0.0236. The molecule has 0 bridgehead atoms. The quantitative estimate of drug-likeness (QED) is 0.622. The van der Waals surface area contributed by atoms with Crippen LogP contribution in [0.3, 0.4) is 0 Å². The maximum atomic E-state index is 11.3. The second-order valence-corrected chi connectivity index (χ2v) is 2.45. The molecule has 0 amide bonds. The summed E-state index contributed by atoms with van der Waals surface area (Å²) in [4.78, 5) is 11.3. The van der Waals surface area contributed by atoms with E-state index in [9.17, 15) is 4.79 Å². The molecule has 70 valence electrons. The Bertz CT molecular complexity index is 511. The number of benzene rings is 1. The van der Waals surface area contributed by atoms with Gasteiger partial charge in [-0.25, -0.2) is 0 Å². The molecule has 0 unspecified atom stereocenters. The Kier molecular flexibility index (Phi) is 1.10. The maximum absolute atomic E-state index is 11.3. The van der Waals surface area contributed by atoms with E-state index in [0.717, 1.165) is 6.07 Å². The van der Waals surface area contributed by atoms with Crippen molar-refractivity contribution in [2.45, 2.75) is 12.5 Å². The Morgan fingerprint density at radius 3 is 3.46 bits per heavy atom. The molecular formula is C9H11NO3. The Hall–Kier alpha value is -1.55. The van der Waals surface area contributed by atoms with Crippen LogP contribution in [-0.2, 0) is 11.2 Å². The third-order valence-electron chi connectivity index (χ3n) is 1.40. The highest BCUT2D eigenvalue weighted by Gasteiger charge is 2.11. The molecule has 0 aliphatic rings. The summed E-state index contributed by atoms with van der Waals surface area (Å²) in [5.74, 6) is -1.44. The van der Waals surface area contributed by atoms with Crippen LogP contribution >= 0.6 is 0 Å². The Morgan fingerprint density at radius 2 is 2.77 bits per heavy atom. The predicted octanol–water partition coefficient (Wildman–Crippen LogP) is 0.347. The van der Waals surface area contributed by atoms with E-state index in [-0.39, 0.29) is 29.5 Å². The Morgan fingerprint density at radius 1 is 1.85 bits per heavy atom. The minimum Gasteiger partial charge on any atom is -0.508 e. The molecule has 0 aromatic heterocycles. The molecule has 0 fully saturated rings. The van der Waals surface area contributed by atoms with Gasteiger partial charge in [0.25, 0.3) is 2.86 Å². The second kappa shape index (κ2) is 3.91. The summed E-state index contributed by atoms with van der Waals surface area (Å²) in [6, 6.07) is -1.67. The van der Waals surface area contributed by atoms with E-state index in [1.165, 1.54) is 0 Å². The number of carboxylic acids is 1. The van der Waals surface area contributed by atoms with Crippen LogP contribution in [0.1, 0.15) is 9.68 Å². The Balaban J connectivity index is 3.19. The van der Waals surface area contributed by atoms with Gasteiger partial charge in [-0.05, 0) is 24.1 Å². The molecule has 0 saturated carbocycles. The van der Waals surface area contributed by atoms with Crippen LogP contribution in [0.25, 0.3) is 1.43 Å². The summed E-state index contributed by atoms with van der Waals surface area (Å²) in [5.41, 5.74) is 0.0589. The zero-order valence-corrected chi connectivity index (χ0v) is 6.53. The lowest BCUT2D eigenvalue weighted by molar-refractivity contribution is -0.138. The topological polar surface area (TPSA) is 83.5 Å². The number of carbonyl (C=O) groups is 1. The zero-order valence-electron chi connectivity index (χ0n) is 13.5. The summed E-state index contributed by atoms with van der Waals surface area (Å²) in [6.45, 7) is 0. The first-order valence-corrected chi connectivity index (χ1v) is 3.50. The molecule has 1 aromatic rings. The van der Waals surface area contributed by atoms with Crippen LogP contribution in [0.15, 0.2) is 24.2 Å². The summed E-state index contributed by atoms with van der Waals surface area (Å²) in [6.07, 6.45) is -0.355. The molecule has 0 heterocycles. The average Bonchev–Trinajstić information content (AvgIpc) is 2.43. The fourth-order valence-electron chi connectivity index (χ4n) is 0.805. The molecule has 4 N–H and O–H groups in total. The van der Waals surface area contributed by atoms with E-state index >= 15 is 0 Å². The molecule has 4 nitrogen and oxygen atoms in total. The zero-order chi connectivity index (χ0) is 15.4. The largest absolute Gasteiger partial charge is 0.508 e. The molecule has 0 aliphatic carbocycles. The van der Waals surface area contributed by atoms with Gasteiger partial charge in [0.05, 0.1) is 4.11 Å². The first kappa shape index (κ1) is 3.67. The molecule has 0 aliphatic heterocycles. The van der Waals surface area contributed by atoms with Crippen molar-refractivity contribution in [2.75, 3.05) is 0 Å². The van der Waals surface area contributed by atoms with Crippen molar-refractivity contribution in [3.8, 4) is 5.75 Å². The van der Waals surface area contributed by atoms with Crippen LogP contribution in [0.2, 0.25) is 2.82 Å². The third kappa shape index (κ3) is 2.76. The van der Waals surface area contributed by atoms with Gasteiger partial charge >= 0.3 is 5.97 Å². The van der Waals surface area contributed by atoms with Gasteiger partial charge in [0.15, 0.2) is 0 Å². The number of aliphatic carboxylic acids is 1. The van der Waals surface area contributed by atoms with Crippen LogP contribution < -0.4 is 5.72 Å². The highest BCUT2D eigenvalue weighted by Crippen LogP contribution is 2.11. The van der Waals surface area contributed by atoms with E-state index < -0.39 is 24.1 Å². The van der Waals surface area contributed by atoms with E-state index in [1.54, 1.807) is 0 Å². The standard InChI is InChI=1S/C9H11NO3/c10-8(9(12)13)5-6-2-1-3-7(11)4-6/h1-4,8,11H,5,10H2,(H,12,13)/t8-/m0/s1/i1D,2D,3D/hD4. The number of hydrogen-bond donors (Lipinski definition) is 3. The molecule has 13 heavy (non-hydrogen) atoms. The number of phenols is 1. The summed E-state index contributed by atoms with van der Waals surface area (Å²) in [5, 5.41) is 7.86. The average molecular weight is 188 g/mol. The fourth-order valence-corrected chi connectivity index (χ4v) is 0.805. The highest BCUT2D eigenvalue weighted by molar-refractivity contribution is 5.73. The van der Waals surface area contributed by atoms with Gasteiger partial charge in [0, 0.05) is 0 Å². The van der Waals surface area contributed by atoms with Crippen LogP contribution in [0.5, 0.6) is 5.75 Å². The predicted molar refractivity (Wildman–Crippen MR) is 47.4 cm³/mol. The SMILES string of the molecule is [2H]OC(=O)[C@H](Cc1cc(O[2H])c([2H])c([2H])c1[2H])N([2H])[2H]. The number of rotatable bonds is 5. The molecule has 1 rings (SSSR count). The summed E-state index contributed by atoms with van der Waals surface area (Å²) in [7, 11) is 0. The van der Waals surface area contributed by atoms with E-state index in [1.807, 2.05) is 0 Å². The van der Waals surface area contributed by atoms with E-state index in [4.69, 9.17) is 9.80 Å². The maximum Gasteiger partial charge on any atom is 0.320 e. The van der Waals surface area contributed by atoms with Crippen molar-refractivity contribution in [3.63, 3.8) is 0 Å². The monoisotopic (exact) mass is 188 g/mol. The third-order valence-corrected chi connectivity index (χ3v) is 1.40. The first-order chi connectivity index (χ1) is 9.33. The van der Waals surface area contributed by atoms with Crippen molar-refractivity contribution in [1.82, 2.24) is 0 Å². The smallest absolute Gasteiger partial charge is 0.320 e. The highest BCUT2D eigenvalue weighted by atomic mass is 16.4. The molecule has 4 heteroatoms. The van der Waals surface area contributed by atoms with E-state index in [2.05, 4.69) is 10.2 Å². The summed E-state index contributed by atoms with van der Waals surface area (Å²) < 4.78 is 50.1. The van der Waals surface area contributed by atoms with Gasteiger partial charge in [-0.1, -0.05) is 12.1 Å². The second-order valence-electron chi connectivity index (χ2n) is 2.45. The lowest BCUT2D eigenvalue weighted by atomic mass is 10.1. The van der Waals surface area contributed by atoms with Gasteiger partial charge in [-0.15, -0.1) is 0 Å². The van der Waals surface area contributed by atoms with Crippen LogP contribution in [0.4, 0.5) is 0 Å². The van der Waals surface area contributed by atoms with Gasteiger partial charge < -0.3 is 15.9 Å². The molecular weight excluding hydrogens is 170 g/mol. The van der Waals surface area contributed by atoms with Gasteiger partial charge in [0.1, 0.15) is 14.6 Å². The number of nitrogens with two attached hydrogens (primary N) is 1. The number of aromatic hydroxyl groups is 1. The molecule has 0 radical (unpaired) electrons. The lowest BCUT2D eigenvalue weighted by Gasteiger charge is -2.05. The summed E-state index contributed by atoms with van der Waals surface area (Å²) >= 11 is 0. The van der Waals surface area contributed by atoms with Crippen molar-refractivity contribution < 1.29 is 21.9 Å². The minimum atomic E-state index is -1.47. The van der Waals surface area contributed by atoms with Gasteiger partial charge in [-0.3, -0.25) is 4.79 Å². The fraction of sp³-hybridized carbons (Fsp3) is 0.222. The molecule has 0 saturated heterocycles. The normalized spacial score (nSPS) is 19.6.